The number of rotatable bonds is 7. The molecule has 0 heterocycles. The van der Waals surface area contributed by atoms with Crippen LogP contribution < -0.4 is 10.1 Å². The Morgan fingerprint density at radius 2 is 2.29 bits per heavy atom. The highest BCUT2D eigenvalue weighted by atomic mass is 16.5. The number of carbonyl (C=O) groups is 1. The molecule has 1 unspecified atom stereocenters. The van der Waals surface area contributed by atoms with Crippen LogP contribution in [0, 0.1) is 5.92 Å². The monoisotopic (exact) mass is 237 g/mol. The first kappa shape index (κ1) is 13.5. The van der Waals surface area contributed by atoms with Crippen molar-refractivity contribution in [2.24, 2.45) is 5.92 Å². The number of benzene rings is 1. The van der Waals surface area contributed by atoms with Crippen LogP contribution in [0.4, 0.5) is 0 Å². The van der Waals surface area contributed by atoms with Crippen molar-refractivity contribution < 1.29 is 14.6 Å². The lowest BCUT2D eigenvalue weighted by Crippen LogP contribution is -2.27. The van der Waals surface area contributed by atoms with Crippen molar-refractivity contribution in [2.45, 2.75) is 19.9 Å². The molecule has 0 bridgehead atoms. The van der Waals surface area contributed by atoms with Gasteiger partial charge in [0.05, 0.1) is 13.0 Å². The Hall–Kier alpha value is -1.55. The van der Waals surface area contributed by atoms with Crippen LogP contribution in [0.2, 0.25) is 0 Å². The van der Waals surface area contributed by atoms with Crippen LogP contribution in [0.1, 0.15) is 18.9 Å². The highest BCUT2D eigenvalue weighted by Crippen LogP contribution is 2.12. The van der Waals surface area contributed by atoms with Crippen LogP contribution in [0.15, 0.2) is 24.3 Å². The number of ether oxygens (including phenoxy) is 1. The molecule has 0 radical (unpaired) electrons. The summed E-state index contributed by atoms with van der Waals surface area (Å²) in [5.41, 5.74) is 1.09. The first-order valence-corrected chi connectivity index (χ1v) is 5.73. The number of carboxylic acids is 1. The normalized spacial score (nSPS) is 12.1. The minimum Gasteiger partial charge on any atom is -0.497 e. The number of carboxylic acid groups (broad SMARTS) is 1. The molecule has 1 aromatic rings. The van der Waals surface area contributed by atoms with Gasteiger partial charge in [-0.3, -0.25) is 4.79 Å². The Labute approximate surface area is 102 Å². The summed E-state index contributed by atoms with van der Waals surface area (Å²) in [5, 5.41) is 12.0. The van der Waals surface area contributed by atoms with E-state index in [1.807, 2.05) is 31.2 Å². The minimum atomic E-state index is -0.745. The molecule has 4 heteroatoms. The molecule has 1 aromatic carbocycles. The summed E-state index contributed by atoms with van der Waals surface area (Å²) in [6.45, 7) is 3.02. The largest absolute Gasteiger partial charge is 0.497 e. The molecule has 0 spiro atoms. The fraction of sp³-hybridized carbons (Fsp3) is 0.462. The van der Waals surface area contributed by atoms with Gasteiger partial charge in [0.1, 0.15) is 5.75 Å². The van der Waals surface area contributed by atoms with Crippen LogP contribution in [-0.4, -0.2) is 24.7 Å². The van der Waals surface area contributed by atoms with E-state index in [9.17, 15) is 4.79 Å². The van der Waals surface area contributed by atoms with Crippen LogP contribution >= 0.6 is 0 Å². The van der Waals surface area contributed by atoms with Gasteiger partial charge in [-0.2, -0.15) is 0 Å². The Balaban J connectivity index is 2.42. The molecule has 0 aliphatic heterocycles. The van der Waals surface area contributed by atoms with Crippen molar-refractivity contribution >= 4 is 5.97 Å². The van der Waals surface area contributed by atoms with Crippen LogP contribution in [0.3, 0.4) is 0 Å². The zero-order valence-corrected chi connectivity index (χ0v) is 10.3. The van der Waals surface area contributed by atoms with Gasteiger partial charge < -0.3 is 15.2 Å². The second-order valence-corrected chi connectivity index (χ2v) is 3.93. The molecule has 0 aromatic heterocycles. The topological polar surface area (TPSA) is 58.6 Å². The molecule has 0 aliphatic carbocycles. The van der Waals surface area contributed by atoms with Gasteiger partial charge >= 0.3 is 5.97 Å². The number of methoxy groups -OCH3 is 1. The number of hydrogen-bond donors (Lipinski definition) is 2. The van der Waals surface area contributed by atoms with E-state index in [4.69, 9.17) is 9.84 Å². The zero-order chi connectivity index (χ0) is 12.7. The molecule has 1 atom stereocenters. The molecular formula is C13H19NO3. The third-order valence-corrected chi connectivity index (χ3v) is 2.70. The second kappa shape index (κ2) is 6.91. The lowest BCUT2D eigenvalue weighted by molar-refractivity contribution is -0.141. The van der Waals surface area contributed by atoms with Gasteiger partial charge in [-0.15, -0.1) is 0 Å². The first-order valence-electron chi connectivity index (χ1n) is 5.73. The third-order valence-electron chi connectivity index (χ3n) is 2.70. The van der Waals surface area contributed by atoms with E-state index >= 15 is 0 Å². The molecule has 0 saturated heterocycles. The summed E-state index contributed by atoms with van der Waals surface area (Å²) in [4.78, 5) is 10.8. The fourth-order valence-electron chi connectivity index (χ4n) is 1.58. The first-order chi connectivity index (χ1) is 8.17. The standard InChI is InChI=1S/C13H19NO3/c1-3-11(13(15)16)9-14-8-10-5-4-6-12(7-10)17-2/h4-7,11,14H,3,8-9H2,1-2H3,(H,15,16). The van der Waals surface area contributed by atoms with E-state index in [0.29, 0.717) is 19.5 Å². The number of nitrogens with one attached hydrogen (secondary N) is 1. The van der Waals surface area contributed by atoms with Crippen molar-refractivity contribution in [1.29, 1.82) is 0 Å². The molecule has 0 fully saturated rings. The van der Waals surface area contributed by atoms with E-state index in [1.54, 1.807) is 7.11 Å². The van der Waals surface area contributed by atoms with Gasteiger partial charge in [0, 0.05) is 13.1 Å². The maximum Gasteiger partial charge on any atom is 0.307 e. The van der Waals surface area contributed by atoms with Gasteiger partial charge in [-0.05, 0) is 24.1 Å². The van der Waals surface area contributed by atoms with Crippen molar-refractivity contribution in [3.05, 3.63) is 29.8 Å². The zero-order valence-electron chi connectivity index (χ0n) is 10.3. The third kappa shape index (κ3) is 4.44. The van der Waals surface area contributed by atoms with E-state index in [0.717, 1.165) is 11.3 Å². The molecular weight excluding hydrogens is 218 g/mol. The molecule has 1 rings (SSSR count). The van der Waals surface area contributed by atoms with Gasteiger partial charge in [0.2, 0.25) is 0 Å². The summed E-state index contributed by atoms with van der Waals surface area (Å²) in [6, 6.07) is 7.73. The van der Waals surface area contributed by atoms with E-state index in [1.165, 1.54) is 0 Å². The summed E-state index contributed by atoms with van der Waals surface area (Å²) < 4.78 is 5.12. The van der Waals surface area contributed by atoms with Gasteiger partial charge in [-0.1, -0.05) is 19.1 Å². The van der Waals surface area contributed by atoms with Crippen molar-refractivity contribution in [3.63, 3.8) is 0 Å². The predicted octanol–water partition coefficient (Wildman–Crippen LogP) is 1.90. The molecule has 17 heavy (non-hydrogen) atoms. The molecule has 94 valence electrons. The second-order valence-electron chi connectivity index (χ2n) is 3.93. The maximum absolute atomic E-state index is 10.8. The molecule has 2 N–H and O–H groups in total. The Kier molecular flexibility index (Phi) is 5.49. The summed E-state index contributed by atoms with van der Waals surface area (Å²) in [7, 11) is 1.63. The maximum atomic E-state index is 10.8. The lowest BCUT2D eigenvalue weighted by Gasteiger charge is -2.11. The summed E-state index contributed by atoms with van der Waals surface area (Å²) in [5.74, 6) is -0.249. The average Bonchev–Trinajstić information content (AvgIpc) is 2.34. The number of aliphatic carboxylic acids is 1. The van der Waals surface area contributed by atoms with Crippen molar-refractivity contribution in [1.82, 2.24) is 5.32 Å². The Morgan fingerprint density at radius 1 is 1.53 bits per heavy atom. The molecule has 4 nitrogen and oxygen atoms in total. The highest BCUT2D eigenvalue weighted by Gasteiger charge is 2.13. The molecule has 0 aliphatic rings. The fourth-order valence-corrected chi connectivity index (χ4v) is 1.58. The Bertz CT molecular complexity index is 365. The Morgan fingerprint density at radius 3 is 2.88 bits per heavy atom. The summed E-state index contributed by atoms with van der Waals surface area (Å²) >= 11 is 0. The van der Waals surface area contributed by atoms with Gasteiger partial charge in [0.15, 0.2) is 0 Å². The average molecular weight is 237 g/mol. The van der Waals surface area contributed by atoms with Crippen LogP contribution in [-0.2, 0) is 11.3 Å². The summed E-state index contributed by atoms with van der Waals surface area (Å²) in [6.07, 6.45) is 0.639. The SMILES string of the molecule is CCC(CNCc1cccc(OC)c1)C(=O)O. The van der Waals surface area contributed by atoms with Crippen LogP contribution in [0.25, 0.3) is 0 Å². The quantitative estimate of drug-likeness (QED) is 0.760. The van der Waals surface area contributed by atoms with E-state index < -0.39 is 5.97 Å². The lowest BCUT2D eigenvalue weighted by atomic mass is 10.1. The van der Waals surface area contributed by atoms with Crippen LogP contribution in [0.5, 0.6) is 5.75 Å². The van der Waals surface area contributed by atoms with Crippen molar-refractivity contribution in [3.8, 4) is 5.75 Å². The predicted molar refractivity (Wildman–Crippen MR) is 66.1 cm³/mol. The van der Waals surface area contributed by atoms with E-state index in [2.05, 4.69) is 5.32 Å². The van der Waals surface area contributed by atoms with Gasteiger partial charge in [0.25, 0.3) is 0 Å². The highest BCUT2D eigenvalue weighted by molar-refractivity contribution is 5.70. The van der Waals surface area contributed by atoms with E-state index in [-0.39, 0.29) is 5.92 Å². The number of hydrogen-bond acceptors (Lipinski definition) is 3. The minimum absolute atomic E-state index is 0.319. The smallest absolute Gasteiger partial charge is 0.307 e. The van der Waals surface area contributed by atoms with Gasteiger partial charge in [-0.25, -0.2) is 0 Å². The molecule has 0 saturated carbocycles. The molecule has 0 amide bonds. The van der Waals surface area contributed by atoms with Crippen molar-refractivity contribution in [2.75, 3.05) is 13.7 Å².